The first kappa shape index (κ1) is 17.7. The molecule has 142 valence electrons. The third kappa shape index (κ3) is 3.23. The Balaban J connectivity index is 1.39. The number of hydrogen-bond acceptors (Lipinski definition) is 5. The number of carbonyl (C=O) groups is 2. The maximum absolute atomic E-state index is 12.6. The van der Waals surface area contributed by atoms with E-state index in [-0.39, 0.29) is 17.2 Å². The standard InChI is InChI=1S/C20H24N4O3/c1-14-17(27-13-22-14)19(26)24-11-20(12-24)10-23(2)9-16(20)8-21-18(25)15-6-4-3-5-7-15/h3-7,13,16H,8-12H2,1-2H3,(H,21,25). The van der Waals surface area contributed by atoms with Crippen LogP contribution in [-0.2, 0) is 0 Å². The van der Waals surface area contributed by atoms with Gasteiger partial charge >= 0.3 is 0 Å². The number of amides is 2. The van der Waals surface area contributed by atoms with E-state index in [2.05, 4.69) is 22.2 Å². The Kier molecular flexibility index (Phi) is 4.47. The van der Waals surface area contributed by atoms with Crippen LogP contribution < -0.4 is 5.32 Å². The minimum Gasteiger partial charge on any atom is -0.438 e. The minimum atomic E-state index is -0.0998. The van der Waals surface area contributed by atoms with Crippen LogP contribution in [0.2, 0.25) is 0 Å². The molecule has 2 amide bonds. The largest absolute Gasteiger partial charge is 0.438 e. The highest BCUT2D eigenvalue weighted by atomic mass is 16.3. The SMILES string of the molecule is Cc1ncoc1C(=O)N1CC2(CN(C)CC2CNC(=O)c2ccccc2)C1. The maximum atomic E-state index is 12.6. The van der Waals surface area contributed by atoms with Crippen LogP contribution in [0.15, 0.2) is 41.1 Å². The summed E-state index contributed by atoms with van der Waals surface area (Å²) in [6, 6.07) is 9.25. The van der Waals surface area contributed by atoms with E-state index in [1.165, 1.54) is 6.39 Å². The molecule has 0 saturated carbocycles. The van der Waals surface area contributed by atoms with Crippen molar-refractivity contribution >= 4 is 11.8 Å². The van der Waals surface area contributed by atoms with Gasteiger partial charge in [-0.05, 0) is 32.0 Å². The number of likely N-dealkylation sites (tertiary alicyclic amines) is 2. The highest BCUT2D eigenvalue weighted by Crippen LogP contribution is 2.43. The zero-order valence-corrected chi connectivity index (χ0v) is 15.6. The molecule has 1 aromatic carbocycles. The molecular weight excluding hydrogens is 344 g/mol. The molecule has 0 aliphatic carbocycles. The molecule has 2 fully saturated rings. The summed E-state index contributed by atoms with van der Waals surface area (Å²) in [5.41, 5.74) is 1.32. The fourth-order valence-electron chi connectivity index (χ4n) is 4.36. The van der Waals surface area contributed by atoms with E-state index in [1.54, 1.807) is 6.92 Å². The van der Waals surface area contributed by atoms with E-state index in [4.69, 9.17) is 4.42 Å². The molecule has 2 aliphatic rings. The maximum Gasteiger partial charge on any atom is 0.291 e. The molecule has 1 aromatic heterocycles. The minimum absolute atomic E-state index is 0.0301. The first-order valence-electron chi connectivity index (χ1n) is 9.20. The van der Waals surface area contributed by atoms with Crippen LogP contribution in [0, 0.1) is 18.3 Å². The molecule has 1 N–H and O–H groups in total. The summed E-state index contributed by atoms with van der Waals surface area (Å²) in [7, 11) is 2.09. The lowest BCUT2D eigenvalue weighted by molar-refractivity contribution is -0.0115. The Morgan fingerprint density at radius 2 is 2.00 bits per heavy atom. The Labute approximate surface area is 158 Å². The van der Waals surface area contributed by atoms with Gasteiger partial charge in [-0.25, -0.2) is 4.98 Å². The summed E-state index contributed by atoms with van der Waals surface area (Å²) in [5.74, 6) is 0.488. The van der Waals surface area contributed by atoms with Gasteiger partial charge in [-0.15, -0.1) is 0 Å². The molecule has 2 aliphatic heterocycles. The van der Waals surface area contributed by atoms with Gasteiger partial charge in [0.25, 0.3) is 11.8 Å². The molecule has 1 spiro atoms. The van der Waals surface area contributed by atoms with Gasteiger partial charge in [0.15, 0.2) is 6.39 Å². The second kappa shape index (κ2) is 6.81. The average Bonchev–Trinajstić information content (AvgIpc) is 3.21. The van der Waals surface area contributed by atoms with E-state index in [9.17, 15) is 9.59 Å². The topological polar surface area (TPSA) is 78.7 Å². The first-order valence-corrected chi connectivity index (χ1v) is 9.20. The van der Waals surface area contributed by atoms with Gasteiger partial charge < -0.3 is 19.5 Å². The van der Waals surface area contributed by atoms with E-state index >= 15 is 0 Å². The van der Waals surface area contributed by atoms with Gasteiger partial charge in [-0.3, -0.25) is 9.59 Å². The monoisotopic (exact) mass is 368 g/mol. The number of aromatic nitrogens is 1. The number of rotatable bonds is 4. The van der Waals surface area contributed by atoms with Crippen molar-refractivity contribution in [1.29, 1.82) is 0 Å². The van der Waals surface area contributed by atoms with Crippen molar-refractivity contribution in [3.63, 3.8) is 0 Å². The highest BCUT2D eigenvalue weighted by Gasteiger charge is 2.54. The van der Waals surface area contributed by atoms with Gasteiger partial charge in [-0.1, -0.05) is 18.2 Å². The smallest absolute Gasteiger partial charge is 0.291 e. The second-order valence-electron chi connectivity index (χ2n) is 7.76. The normalized spacial score (nSPS) is 21.3. The van der Waals surface area contributed by atoms with Gasteiger partial charge in [0.1, 0.15) is 0 Å². The van der Waals surface area contributed by atoms with E-state index < -0.39 is 0 Å². The molecule has 1 atom stereocenters. The molecule has 4 rings (SSSR count). The highest BCUT2D eigenvalue weighted by molar-refractivity contribution is 5.94. The Morgan fingerprint density at radius 1 is 1.26 bits per heavy atom. The zero-order chi connectivity index (χ0) is 19.0. The molecule has 3 heterocycles. The lowest BCUT2D eigenvalue weighted by atomic mass is 9.71. The number of nitrogens with one attached hydrogen (secondary N) is 1. The van der Waals surface area contributed by atoms with Crippen LogP contribution in [0.1, 0.15) is 26.6 Å². The summed E-state index contributed by atoms with van der Waals surface area (Å²) in [6.07, 6.45) is 1.31. The summed E-state index contributed by atoms with van der Waals surface area (Å²) >= 11 is 0. The third-order valence-corrected chi connectivity index (χ3v) is 5.77. The number of benzene rings is 1. The predicted molar refractivity (Wildman–Crippen MR) is 99.3 cm³/mol. The van der Waals surface area contributed by atoms with Crippen molar-refractivity contribution < 1.29 is 14.0 Å². The fourth-order valence-corrected chi connectivity index (χ4v) is 4.36. The zero-order valence-electron chi connectivity index (χ0n) is 15.6. The fraction of sp³-hybridized carbons (Fsp3) is 0.450. The van der Waals surface area contributed by atoms with Crippen molar-refractivity contribution in [2.75, 3.05) is 39.8 Å². The Bertz CT molecular complexity index is 842. The van der Waals surface area contributed by atoms with Crippen molar-refractivity contribution in [3.8, 4) is 0 Å². The molecule has 27 heavy (non-hydrogen) atoms. The molecule has 7 nitrogen and oxygen atoms in total. The first-order chi connectivity index (χ1) is 13.0. The van der Waals surface area contributed by atoms with Crippen LogP contribution in [0.5, 0.6) is 0 Å². The quantitative estimate of drug-likeness (QED) is 0.883. The van der Waals surface area contributed by atoms with Crippen LogP contribution in [0.25, 0.3) is 0 Å². The third-order valence-electron chi connectivity index (χ3n) is 5.77. The number of carbonyl (C=O) groups excluding carboxylic acids is 2. The number of nitrogens with zero attached hydrogens (tertiary/aromatic N) is 3. The summed E-state index contributed by atoms with van der Waals surface area (Å²) < 4.78 is 5.24. The summed E-state index contributed by atoms with van der Waals surface area (Å²) in [5, 5.41) is 3.07. The van der Waals surface area contributed by atoms with Crippen LogP contribution in [0.3, 0.4) is 0 Å². The second-order valence-corrected chi connectivity index (χ2v) is 7.76. The Hall–Kier alpha value is -2.67. The van der Waals surface area contributed by atoms with Gasteiger partial charge in [-0.2, -0.15) is 0 Å². The van der Waals surface area contributed by atoms with Crippen molar-refractivity contribution in [2.45, 2.75) is 6.92 Å². The summed E-state index contributed by atoms with van der Waals surface area (Å²) in [4.78, 5) is 33.1. The van der Waals surface area contributed by atoms with Crippen LogP contribution >= 0.6 is 0 Å². The van der Waals surface area contributed by atoms with Crippen molar-refractivity contribution in [2.24, 2.45) is 11.3 Å². The number of aryl methyl sites for hydroxylation is 1. The van der Waals surface area contributed by atoms with Gasteiger partial charge in [0.2, 0.25) is 5.76 Å². The molecule has 2 saturated heterocycles. The molecular formula is C20H24N4O3. The van der Waals surface area contributed by atoms with E-state index in [1.807, 2.05) is 35.2 Å². The van der Waals surface area contributed by atoms with Crippen LogP contribution in [-0.4, -0.2) is 66.4 Å². The Morgan fingerprint density at radius 3 is 2.67 bits per heavy atom. The van der Waals surface area contributed by atoms with Gasteiger partial charge in [0.05, 0.1) is 5.69 Å². The molecule has 7 heteroatoms. The number of oxazole rings is 1. The van der Waals surface area contributed by atoms with Crippen molar-refractivity contribution in [1.82, 2.24) is 20.1 Å². The lowest BCUT2D eigenvalue weighted by Gasteiger charge is -2.50. The molecule has 1 unspecified atom stereocenters. The van der Waals surface area contributed by atoms with Crippen molar-refractivity contribution in [3.05, 3.63) is 53.7 Å². The molecule has 0 bridgehead atoms. The molecule has 2 aromatic rings. The van der Waals surface area contributed by atoms with Gasteiger partial charge in [0, 0.05) is 43.7 Å². The van der Waals surface area contributed by atoms with E-state index in [0.717, 1.165) is 13.1 Å². The average molecular weight is 368 g/mol. The molecule has 0 radical (unpaired) electrons. The number of hydrogen-bond donors (Lipinski definition) is 1. The van der Waals surface area contributed by atoms with E-state index in [0.29, 0.717) is 42.6 Å². The predicted octanol–water partition coefficient (Wildman–Crippen LogP) is 1.42. The summed E-state index contributed by atoms with van der Waals surface area (Å²) in [6.45, 7) is 5.60. The van der Waals surface area contributed by atoms with Crippen LogP contribution in [0.4, 0.5) is 0 Å². The lowest BCUT2D eigenvalue weighted by Crippen LogP contribution is -2.63.